The van der Waals surface area contributed by atoms with Crippen molar-refractivity contribution in [2.45, 2.75) is 5.75 Å². The normalized spacial score (nSPS) is 11.7. The van der Waals surface area contributed by atoms with E-state index >= 15 is 0 Å². The maximum absolute atomic E-state index is 10.7. The van der Waals surface area contributed by atoms with Gasteiger partial charge in [0, 0.05) is 6.26 Å². The van der Waals surface area contributed by atoms with Gasteiger partial charge in [-0.2, -0.15) is 0 Å². The Morgan fingerprint density at radius 1 is 1.55 bits per heavy atom. The molecule has 0 bridgehead atoms. The van der Waals surface area contributed by atoms with E-state index < -0.39 is 9.84 Å². The van der Waals surface area contributed by atoms with Gasteiger partial charge < -0.3 is 5.73 Å². The lowest BCUT2D eigenvalue weighted by Crippen LogP contribution is -1.99. The summed E-state index contributed by atoms with van der Waals surface area (Å²) in [5.41, 5.74) is 5.25. The van der Waals surface area contributed by atoms with Crippen LogP contribution in [0.2, 0.25) is 0 Å². The Hall–Kier alpha value is -0.690. The molecule has 0 fully saturated rings. The van der Waals surface area contributed by atoms with Gasteiger partial charge in [-0.3, -0.25) is 0 Å². The van der Waals surface area contributed by atoms with Crippen LogP contribution < -0.4 is 5.73 Å². The van der Waals surface area contributed by atoms with Crippen molar-refractivity contribution in [2.75, 3.05) is 12.0 Å². The van der Waals surface area contributed by atoms with Gasteiger partial charge in [0.2, 0.25) is 5.13 Å². The standard InChI is InChI=1S/C4H7N3O2S2/c1-11(8,9)2-3-6-7-4(5)10-3/h2H2,1H3,(H2,5,7). The minimum absolute atomic E-state index is 0.0815. The number of nitrogens with zero attached hydrogens (tertiary/aromatic N) is 2. The molecule has 0 unspecified atom stereocenters. The number of sulfone groups is 1. The minimum atomic E-state index is -3.01. The fourth-order valence-corrected chi connectivity index (χ4v) is 2.34. The Labute approximate surface area is 68.2 Å². The fraction of sp³-hybridized carbons (Fsp3) is 0.500. The molecule has 1 heterocycles. The molecule has 1 aromatic rings. The molecule has 11 heavy (non-hydrogen) atoms. The second-order valence-corrected chi connectivity index (χ2v) is 5.34. The van der Waals surface area contributed by atoms with Crippen LogP contribution >= 0.6 is 11.3 Å². The van der Waals surface area contributed by atoms with Crippen molar-refractivity contribution in [3.8, 4) is 0 Å². The summed E-state index contributed by atoms with van der Waals surface area (Å²) in [4.78, 5) is 0. The number of anilines is 1. The molecule has 62 valence electrons. The zero-order valence-corrected chi connectivity index (χ0v) is 7.44. The molecule has 1 aromatic heterocycles. The Kier molecular flexibility index (Phi) is 2.10. The third-order valence-corrected chi connectivity index (χ3v) is 2.60. The zero-order chi connectivity index (χ0) is 8.48. The van der Waals surface area contributed by atoms with Gasteiger partial charge in [0.1, 0.15) is 10.8 Å². The smallest absolute Gasteiger partial charge is 0.203 e. The Balaban J connectivity index is 2.81. The monoisotopic (exact) mass is 193 g/mol. The van der Waals surface area contributed by atoms with E-state index in [-0.39, 0.29) is 5.75 Å². The quantitative estimate of drug-likeness (QED) is 0.694. The molecule has 0 radical (unpaired) electrons. The Morgan fingerprint density at radius 2 is 2.18 bits per heavy atom. The predicted molar refractivity (Wildman–Crippen MR) is 42.9 cm³/mol. The topological polar surface area (TPSA) is 85.9 Å². The number of rotatable bonds is 2. The lowest BCUT2D eigenvalue weighted by atomic mass is 10.9. The minimum Gasteiger partial charge on any atom is -0.374 e. The molecule has 0 atom stereocenters. The van der Waals surface area contributed by atoms with Gasteiger partial charge in [0.15, 0.2) is 9.84 Å². The third kappa shape index (κ3) is 2.81. The third-order valence-electron chi connectivity index (χ3n) is 0.868. The molecule has 0 aliphatic heterocycles. The highest BCUT2D eigenvalue weighted by Gasteiger charge is 2.08. The first kappa shape index (κ1) is 8.41. The number of hydrogen-bond acceptors (Lipinski definition) is 6. The second-order valence-electron chi connectivity index (χ2n) is 2.10. The first-order valence-electron chi connectivity index (χ1n) is 2.73. The van der Waals surface area contributed by atoms with Crippen molar-refractivity contribution in [2.24, 2.45) is 0 Å². The van der Waals surface area contributed by atoms with E-state index in [1.807, 2.05) is 0 Å². The van der Waals surface area contributed by atoms with Crippen LogP contribution in [0.4, 0.5) is 5.13 Å². The number of nitrogen functional groups attached to an aromatic ring is 1. The van der Waals surface area contributed by atoms with E-state index in [1.54, 1.807) is 0 Å². The molecular formula is C4H7N3O2S2. The first-order chi connectivity index (χ1) is 4.97. The zero-order valence-electron chi connectivity index (χ0n) is 5.81. The number of hydrogen-bond donors (Lipinski definition) is 1. The van der Waals surface area contributed by atoms with Gasteiger partial charge in [0.05, 0.1) is 0 Å². The van der Waals surface area contributed by atoms with Gasteiger partial charge in [-0.05, 0) is 0 Å². The number of nitrogens with two attached hydrogens (primary N) is 1. The summed E-state index contributed by atoms with van der Waals surface area (Å²) in [6.07, 6.45) is 1.14. The summed E-state index contributed by atoms with van der Waals surface area (Å²) in [7, 11) is -3.01. The fourth-order valence-electron chi connectivity index (χ4n) is 0.549. The Morgan fingerprint density at radius 3 is 2.55 bits per heavy atom. The molecular weight excluding hydrogens is 186 g/mol. The molecule has 1 rings (SSSR count). The molecule has 7 heteroatoms. The largest absolute Gasteiger partial charge is 0.374 e. The molecule has 0 aliphatic carbocycles. The lowest BCUT2D eigenvalue weighted by Gasteiger charge is -1.88. The summed E-state index contributed by atoms with van der Waals surface area (Å²) in [6.45, 7) is 0. The molecule has 0 amide bonds. The molecule has 0 spiro atoms. The molecule has 0 aromatic carbocycles. The number of aromatic nitrogens is 2. The van der Waals surface area contributed by atoms with Gasteiger partial charge in [-0.15, -0.1) is 10.2 Å². The van der Waals surface area contributed by atoms with Gasteiger partial charge in [-0.25, -0.2) is 8.42 Å². The van der Waals surface area contributed by atoms with E-state index in [0.717, 1.165) is 17.6 Å². The van der Waals surface area contributed by atoms with Crippen LogP contribution in [0, 0.1) is 0 Å². The first-order valence-corrected chi connectivity index (χ1v) is 5.60. The second kappa shape index (κ2) is 2.74. The average molecular weight is 193 g/mol. The maximum atomic E-state index is 10.7. The highest BCUT2D eigenvalue weighted by molar-refractivity contribution is 7.90. The predicted octanol–water partition coefficient (Wildman–Crippen LogP) is -0.335. The SMILES string of the molecule is CS(=O)(=O)Cc1nnc(N)s1. The van der Waals surface area contributed by atoms with Crippen LogP contribution in [0.1, 0.15) is 5.01 Å². The van der Waals surface area contributed by atoms with Crippen LogP contribution in [0.3, 0.4) is 0 Å². The van der Waals surface area contributed by atoms with E-state index in [9.17, 15) is 8.42 Å². The van der Waals surface area contributed by atoms with Crippen LogP contribution in [0.5, 0.6) is 0 Å². The van der Waals surface area contributed by atoms with E-state index in [2.05, 4.69) is 10.2 Å². The van der Waals surface area contributed by atoms with Crippen molar-refractivity contribution in [1.82, 2.24) is 10.2 Å². The van der Waals surface area contributed by atoms with Crippen molar-refractivity contribution in [3.05, 3.63) is 5.01 Å². The van der Waals surface area contributed by atoms with Crippen LogP contribution in [-0.4, -0.2) is 24.9 Å². The van der Waals surface area contributed by atoms with Crippen LogP contribution in [-0.2, 0) is 15.6 Å². The summed E-state index contributed by atoms with van der Waals surface area (Å²) in [6, 6.07) is 0. The lowest BCUT2D eigenvalue weighted by molar-refractivity contribution is 0.601. The molecule has 0 saturated carbocycles. The summed E-state index contributed by atoms with van der Waals surface area (Å²) in [5, 5.41) is 7.78. The summed E-state index contributed by atoms with van der Waals surface area (Å²) >= 11 is 1.09. The molecule has 0 saturated heterocycles. The summed E-state index contributed by atoms with van der Waals surface area (Å²) < 4.78 is 21.4. The molecule has 0 aliphatic rings. The Bertz CT molecular complexity index is 342. The molecule has 2 N–H and O–H groups in total. The van der Waals surface area contributed by atoms with Crippen molar-refractivity contribution >= 4 is 26.3 Å². The van der Waals surface area contributed by atoms with Crippen molar-refractivity contribution in [3.63, 3.8) is 0 Å². The van der Waals surface area contributed by atoms with Crippen molar-refractivity contribution < 1.29 is 8.42 Å². The summed E-state index contributed by atoms with van der Waals surface area (Å²) in [5.74, 6) is -0.0815. The van der Waals surface area contributed by atoms with Gasteiger partial charge in [-0.1, -0.05) is 11.3 Å². The van der Waals surface area contributed by atoms with Crippen LogP contribution in [0.25, 0.3) is 0 Å². The molecule has 5 nitrogen and oxygen atoms in total. The van der Waals surface area contributed by atoms with Gasteiger partial charge >= 0.3 is 0 Å². The highest BCUT2D eigenvalue weighted by Crippen LogP contribution is 2.12. The average Bonchev–Trinajstić information content (AvgIpc) is 2.10. The van der Waals surface area contributed by atoms with E-state index in [1.165, 1.54) is 0 Å². The highest BCUT2D eigenvalue weighted by atomic mass is 32.2. The van der Waals surface area contributed by atoms with Gasteiger partial charge in [0.25, 0.3) is 0 Å². The van der Waals surface area contributed by atoms with Crippen molar-refractivity contribution in [1.29, 1.82) is 0 Å². The van der Waals surface area contributed by atoms with E-state index in [0.29, 0.717) is 10.1 Å². The van der Waals surface area contributed by atoms with E-state index in [4.69, 9.17) is 5.73 Å². The maximum Gasteiger partial charge on any atom is 0.203 e. The van der Waals surface area contributed by atoms with Crippen LogP contribution in [0.15, 0.2) is 0 Å².